The summed E-state index contributed by atoms with van der Waals surface area (Å²) in [7, 11) is 3.63. The van der Waals surface area contributed by atoms with Gasteiger partial charge in [0.05, 0.1) is 13.2 Å². The number of carbonyl (C=O) groups is 1. The van der Waals surface area contributed by atoms with Crippen LogP contribution in [0.3, 0.4) is 0 Å². The number of hydrogen-bond acceptors (Lipinski definition) is 5. The van der Waals surface area contributed by atoms with Crippen LogP contribution in [-0.2, 0) is 9.47 Å². The Morgan fingerprint density at radius 3 is 2.57 bits per heavy atom. The lowest BCUT2D eigenvalue weighted by Crippen LogP contribution is -2.44. The number of morpholine rings is 1. The van der Waals surface area contributed by atoms with E-state index in [1.54, 1.807) is 11.9 Å². The highest BCUT2D eigenvalue weighted by atomic mass is 127. The SMILES string of the molecule is CN=C(NCC(C)CN(C)C(=O)OC(C)(C)C)N1CCC(CN2CCOCC2)C1.I. The molecule has 8 nitrogen and oxygen atoms in total. The van der Waals surface area contributed by atoms with E-state index in [0.717, 1.165) is 58.4 Å². The lowest BCUT2D eigenvalue weighted by atomic mass is 10.1. The first-order valence-corrected chi connectivity index (χ1v) is 10.9. The molecule has 2 rings (SSSR count). The second-order valence-corrected chi connectivity index (χ2v) is 9.41. The van der Waals surface area contributed by atoms with Crippen LogP contribution in [-0.4, -0.2) is 105 Å². The Morgan fingerprint density at radius 2 is 1.97 bits per heavy atom. The van der Waals surface area contributed by atoms with Gasteiger partial charge in [-0.3, -0.25) is 9.89 Å². The van der Waals surface area contributed by atoms with Crippen LogP contribution in [0.1, 0.15) is 34.1 Å². The fourth-order valence-electron chi connectivity index (χ4n) is 3.87. The van der Waals surface area contributed by atoms with Crippen molar-refractivity contribution in [2.45, 2.75) is 39.7 Å². The molecule has 176 valence electrons. The van der Waals surface area contributed by atoms with Gasteiger partial charge in [0.15, 0.2) is 5.96 Å². The van der Waals surface area contributed by atoms with Gasteiger partial charge in [0.2, 0.25) is 0 Å². The molecule has 1 N–H and O–H groups in total. The highest BCUT2D eigenvalue weighted by Gasteiger charge is 2.27. The van der Waals surface area contributed by atoms with Crippen molar-refractivity contribution >= 4 is 36.0 Å². The van der Waals surface area contributed by atoms with Crippen molar-refractivity contribution in [2.75, 3.05) is 73.1 Å². The molecule has 2 fully saturated rings. The molecule has 0 radical (unpaired) electrons. The number of guanidine groups is 1. The van der Waals surface area contributed by atoms with E-state index >= 15 is 0 Å². The van der Waals surface area contributed by atoms with Gasteiger partial charge in [-0.05, 0) is 39.0 Å². The van der Waals surface area contributed by atoms with E-state index < -0.39 is 5.60 Å². The zero-order chi connectivity index (χ0) is 21.4. The first kappa shape index (κ1) is 27.2. The van der Waals surface area contributed by atoms with E-state index in [1.165, 1.54) is 6.42 Å². The number of hydrogen-bond donors (Lipinski definition) is 1. The average Bonchev–Trinajstić information content (AvgIpc) is 3.10. The monoisotopic (exact) mass is 539 g/mol. The van der Waals surface area contributed by atoms with E-state index in [-0.39, 0.29) is 36.0 Å². The molecule has 0 aromatic heterocycles. The fourth-order valence-corrected chi connectivity index (χ4v) is 3.87. The van der Waals surface area contributed by atoms with Gasteiger partial charge in [-0.2, -0.15) is 0 Å². The number of amides is 1. The maximum Gasteiger partial charge on any atom is 0.410 e. The van der Waals surface area contributed by atoms with Crippen molar-refractivity contribution < 1.29 is 14.3 Å². The molecule has 2 unspecified atom stereocenters. The number of carbonyl (C=O) groups excluding carboxylic acids is 1. The summed E-state index contributed by atoms with van der Waals surface area (Å²) in [5.74, 6) is 1.93. The Kier molecular flexibility index (Phi) is 11.7. The summed E-state index contributed by atoms with van der Waals surface area (Å²) in [5, 5.41) is 3.49. The normalized spacial score (nSPS) is 21.7. The highest BCUT2D eigenvalue weighted by Crippen LogP contribution is 2.18. The van der Waals surface area contributed by atoms with Crippen LogP contribution in [0.2, 0.25) is 0 Å². The third-order valence-electron chi connectivity index (χ3n) is 5.32. The summed E-state index contributed by atoms with van der Waals surface area (Å²) in [4.78, 5) is 23.1. The van der Waals surface area contributed by atoms with Crippen LogP contribution in [0.15, 0.2) is 4.99 Å². The van der Waals surface area contributed by atoms with Gasteiger partial charge in [-0.15, -0.1) is 24.0 Å². The van der Waals surface area contributed by atoms with Crippen molar-refractivity contribution in [3.8, 4) is 0 Å². The number of rotatable bonds is 6. The standard InChI is InChI=1S/C21H41N5O3.HI/c1-17(14-24(6)20(27)29-21(2,3)4)13-23-19(22-5)26-8-7-18(16-26)15-25-9-11-28-12-10-25;/h17-18H,7-16H2,1-6H3,(H,22,23);1H. The first-order chi connectivity index (χ1) is 13.7. The van der Waals surface area contributed by atoms with E-state index in [2.05, 4.69) is 27.0 Å². The minimum absolute atomic E-state index is 0. The highest BCUT2D eigenvalue weighted by molar-refractivity contribution is 14.0. The molecule has 0 aliphatic carbocycles. The molecular weight excluding hydrogens is 497 g/mol. The minimum atomic E-state index is -0.470. The van der Waals surface area contributed by atoms with Crippen molar-refractivity contribution in [1.29, 1.82) is 0 Å². The van der Waals surface area contributed by atoms with Crippen LogP contribution in [0.5, 0.6) is 0 Å². The molecule has 0 aromatic carbocycles. The van der Waals surface area contributed by atoms with Gasteiger partial charge < -0.3 is 24.6 Å². The largest absolute Gasteiger partial charge is 0.444 e. The van der Waals surface area contributed by atoms with Gasteiger partial charge in [0, 0.05) is 59.9 Å². The lowest BCUT2D eigenvalue weighted by molar-refractivity contribution is 0.0277. The zero-order valence-corrected chi connectivity index (χ0v) is 22.0. The lowest BCUT2D eigenvalue weighted by Gasteiger charge is -2.29. The second-order valence-electron chi connectivity index (χ2n) is 9.41. The Hall–Kier alpha value is -0.810. The summed E-state index contributed by atoms with van der Waals surface area (Å²) in [5.41, 5.74) is -0.470. The summed E-state index contributed by atoms with van der Waals surface area (Å²) < 4.78 is 10.9. The van der Waals surface area contributed by atoms with Crippen LogP contribution in [0.25, 0.3) is 0 Å². The maximum atomic E-state index is 12.1. The van der Waals surface area contributed by atoms with E-state index in [1.807, 2.05) is 27.8 Å². The van der Waals surface area contributed by atoms with Crippen LogP contribution < -0.4 is 5.32 Å². The fraction of sp³-hybridized carbons (Fsp3) is 0.905. The van der Waals surface area contributed by atoms with Crippen molar-refractivity contribution in [2.24, 2.45) is 16.8 Å². The van der Waals surface area contributed by atoms with Crippen molar-refractivity contribution in [1.82, 2.24) is 20.0 Å². The molecule has 1 amide bonds. The molecule has 9 heteroatoms. The molecule has 2 aliphatic rings. The van der Waals surface area contributed by atoms with Gasteiger partial charge in [0.1, 0.15) is 5.60 Å². The zero-order valence-electron chi connectivity index (χ0n) is 19.6. The Balaban J connectivity index is 0.00000450. The third-order valence-corrected chi connectivity index (χ3v) is 5.32. The van der Waals surface area contributed by atoms with Crippen LogP contribution in [0.4, 0.5) is 4.79 Å². The van der Waals surface area contributed by atoms with Crippen molar-refractivity contribution in [3.63, 3.8) is 0 Å². The predicted octanol–water partition coefficient (Wildman–Crippen LogP) is 2.34. The Bertz CT molecular complexity index is 549. The number of nitrogens with one attached hydrogen (secondary N) is 1. The van der Waals surface area contributed by atoms with Crippen LogP contribution >= 0.6 is 24.0 Å². The first-order valence-electron chi connectivity index (χ1n) is 10.9. The molecule has 2 aliphatic heterocycles. The Labute approximate surface area is 199 Å². The second kappa shape index (κ2) is 12.9. The maximum absolute atomic E-state index is 12.1. The smallest absolute Gasteiger partial charge is 0.410 e. The third kappa shape index (κ3) is 9.55. The molecule has 0 aromatic rings. The van der Waals surface area contributed by atoms with E-state index in [0.29, 0.717) is 12.5 Å². The van der Waals surface area contributed by atoms with E-state index in [4.69, 9.17) is 9.47 Å². The van der Waals surface area contributed by atoms with E-state index in [9.17, 15) is 4.79 Å². The number of aliphatic imine (C=N–C) groups is 1. The van der Waals surface area contributed by atoms with Crippen molar-refractivity contribution in [3.05, 3.63) is 0 Å². The summed E-state index contributed by atoms with van der Waals surface area (Å²) in [6, 6.07) is 0. The summed E-state index contributed by atoms with van der Waals surface area (Å²) in [6.45, 7) is 16.2. The molecule has 2 saturated heterocycles. The summed E-state index contributed by atoms with van der Waals surface area (Å²) >= 11 is 0. The molecular formula is C21H42IN5O3. The molecule has 0 saturated carbocycles. The quantitative estimate of drug-likeness (QED) is 0.318. The number of likely N-dealkylation sites (tertiary alicyclic amines) is 1. The Morgan fingerprint density at radius 1 is 1.30 bits per heavy atom. The number of nitrogens with zero attached hydrogens (tertiary/aromatic N) is 4. The predicted molar refractivity (Wildman–Crippen MR) is 132 cm³/mol. The number of halogens is 1. The number of ether oxygens (including phenoxy) is 2. The molecule has 2 atom stereocenters. The topological polar surface area (TPSA) is 69.6 Å². The van der Waals surface area contributed by atoms with Gasteiger partial charge in [0.25, 0.3) is 0 Å². The minimum Gasteiger partial charge on any atom is -0.444 e. The van der Waals surface area contributed by atoms with Gasteiger partial charge in [-0.25, -0.2) is 4.79 Å². The van der Waals surface area contributed by atoms with Gasteiger partial charge in [-0.1, -0.05) is 6.92 Å². The molecule has 0 spiro atoms. The van der Waals surface area contributed by atoms with Gasteiger partial charge >= 0.3 is 6.09 Å². The molecule has 30 heavy (non-hydrogen) atoms. The van der Waals surface area contributed by atoms with Crippen LogP contribution in [0, 0.1) is 11.8 Å². The molecule has 0 bridgehead atoms. The average molecular weight is 540 g/mol. The molecule has 2 heterocycles. The summed E-state index contributed by atoms with van der Waals surface area (Å²) in [6.07, 6.45) is 0.925.